The molecule has 0 fully saturated rings. The highest BCUT2D eigenvalue weighted by Gasteiger charge is 2.05. The molecule has 0 atom stereocenters. The normalized spacial score (nSPS) is 10.4. The lowest BCUT2D eigenvalue weighted by atomic mass is 10.4. The molecule has 0 aliphatic rings. The number of nitrogens with zero attached hydrogens (tertiary/aromatic N) is 3. The van der Waals surface area contributed by atoms with E-state index in [9.17, 15) is 4.79 Å². The highest BCUT2D eigenvalue weighted by atomic mass is 32.1. The minimum absolute atomic E-state index is 0.309. The van der Waals surface area contributed by atoms with Crippen molar-refractivity contribution in [1.29, 1.82) is 0 Å². The number of thiophene rings is 1. The molecule has 2 aromatic rings. The molecule has 0 aliphatic heterocycles. The van der Waals surface area contributed by atoms with Crippen LogP contribution in [0, 0.1) is 6.92 Å². The molecule has 0 saturated heterocycles. The van der Waals surface area contributed by atoms with Crippen LogP contribution < -0.4 is 5.69 Å². The Bertz CT molecular complexity index is 440. The Balaban J connectivity index is 2.65. The summed E-state index contributed by atoms with van der Waals surface area (Å²) in [6.07, 6.45) is 0. The minimum atomic E-state index is -0.309. The second-order valence-corrected chi connectivity index (χ2v) is 3.40. The number of nitrogens with one attached hydrogen (secondary N) is 1. The van der Waals surface area contributed by atoms with Crippen LogP contribution >= 0.6 is 11.3 Å². The van der Waals surface area contributed by atoms with E-state index < -0.39 is 0 Å². The van der Waals surface area contributed by atoms with Crippen molar-refractivity contribution < 1.29 is 0 Å². The van der Waals surface area contributed by atoms with E-state index in [1.54, 1.807) is 11.3 Å². The number of H-pyrrole nitrogens is 1. The molecule has 2 aromatic heterocycles. The van der Waals surface area contributed by atoms with E-state index in [0.717, 1.165) is 10.6 Å². The molecule has 12 heavy (non-hydrogen) atoms. The van der Waals surface area contributed by atoms with Gasteiger partial charge in [0.15, 0.2) is 0 Å². The second-order valence-electron chi connectivity index (χ2n) is 2.28. The number of hydrogen-bond donors (Lipinski definition) is 1. The van der Waals surface area contributed by atoms with Crippen LogP contribution in [0.3, 0.4) is 0 Å². The van der Waals surface area contributed by atoms with Crippen LogP contribution in [0.25, 0.3) is 5.69 Å². The Labute approximate surface area is 71.6 Å². The predicted octanol–water partition coefficient (Wildman–Crippen LogP) is 0.326. The molecule has 0 aliphatic carbocycles. The zero-order chi connectivity index (χ0) is 8.55. The van der Waals surface area contributed by atoms with Crippen LogP contribution in [-0.2, 0) is 0 Å². The number of rotatable bonds is 1. The molecule has 2 rings (SSSR count). The number of hydrogen-bond acceptors (Lipinski definition) is 4. The molecule has 0 saturated carbocycles. The van der Waals surface area contributed by atoms with Crippen molar-refractivity contribution in [2.24, 2.45) is 0 Å². The lowest BCUT2D eigenvalue weighted by Gasteiger charge is -1.93. The van der Waals surface area contributed by atoms with Crippen molar-refractivity contribution >= 4 is 11.3 Å². The van der Waals surface area contributed by atoms with Gasteiger partial charge in [-0.15, -0.1) is 11.3 Å². The highest BCUT2D eigenvalue weighted by molar-refractivity contribution is 7.10. The van der Waals surface area contributed by atoms with Gasteiger partial charge in [-0.2, -0.15) is 4.68 Å². The first-order chi connectivity index (χ1) is 5.79. The quantitative estimate of drug-likeness (QED) is 0.691. The maximum Gasteiger partial charge on any atom is 0.365 e. The Kier molecular flexibility index (Phi) is 1.54. The lowest BCUT2D eigenvalue weighted by Crippen LogP contribution is -2.15. The fourth-order valence-electron chi connectivity index (χ4n) is 0.953. The fourth-order valence-corrected chi connectivity index (χ4v) is 1.63. The van der Waals surface area contributed by atoms with Gasteiger partial charge in [-0.1, -0.05) is 0 Å². The van der Waals surface area contributed by atoms with E-state index in [-0.39, 0.29) is 5.69 Å². The lowest BCUT2D eigenvalue weighted by molar-refractivity contribution is 0.779. The molecule has 1 N–H and O–H groups in total. The Hall–Kier alpha value is -1.43. The Morgan fingerprint density at radius 1 is 1.67 bits per heavy atom. The zero-order valence-corrected chi connectivity index (χ0v) is 7.13. The number of tetrazole rings is 1. The van der Waals surface area contributed by atoms with Crippen LogP contribution in [0.2, 0.25) is 0 Å². The molecule has 5 nitrogen and oxygen atoms in total. The smallest absolute Gasteiger partial charge is 0.244 e. The van der Waals surface area contributed by atoms with Gasteiger partial charge < -0.3 is 0 Å². The van der Waals surface area contributed by atoms with E-state index in [1.165, 1.54) is 4.68 Å². The van der Waals surface area contributed by atoms with E-state index in [4.69, 9.17) is 0 Å². The Morgan fingerprint density at radius 3 is 3.00 bits per heavy atom. The van der Waals surface area contributed by atoms with Gasteiger partial charge in [0.05, 0.1) is 5.69 Å². The summed E-state index contributed by atoms with van der Waals surface area (Å²) in [5.41, 5.74) is 0.482. The monoisotopic (exact) mass is 182 g/mol. The summed E-state index contributed by atoms with van der Waals surface area (Å²) < 4.78 is 1.24. The first-order valence-electron chi connectivity index (χ1n) is 3.34. The van der Waals surface area contributed by atoms with Crippen LogP contribution in [0.1, 0.15) is 4.88 Å². The molecule has 6 heteroatoms. The third-order valence-corrected chi connectivity index (χ3v) is 2.37. The second kappa shape index (κ2) is 2.56. The Morgan fingerprint density at radius 2 is 2.50 bits per heavy atom. The molecule has 0 aromatic carbocycles. The molecule has 2 heterocycles. The first-order valence-corrected chi connectivity index (χ1v) is 4.22. The number of aromatic amines is 1. The summed E-state index contributed by atoms with van der Waals surface area (Å²) in [7, 11) is 0. The fraction of sp³-hybridized carbons (Fsp3) is 0.167. The van der Waals surface area contributed by atoms with E-state index in [2.05, 4.69) is 15.5 Å². The van der Waals surface area contributed by atoms with Crippen molar-refractivity contribution in [3.8, 4) is 5.69 Å². The molecular formula is C6H6N4OS. The summed E-state index contributed by atoms with van der Waals surface area (Å²) in [5.74, 6) is 0. The maximum atomic E-state index is 11.1. The predicted molar refractivity (Wildman–Crippen MR) is 44.6 cm³/mol. The third kappa shape index (κ3) is 0.964. The molecule has 0 amide bonds. The summed E-state index contributed by atoms with van der Waals surface area (Å²) in [6, 6.07) is 1.84. The van der Waals surface area contributed by atoms with Gasteiger partial charge in [0, 0.05) is 4.88 Å². The summed E-state index contributed by atoms with van der Waals surface area (Å²) in [4.78, 5) is 12.1. The molecule has 62 valence electrons. The SMILES string of the molecule is Cc1sccc1-n1nn[nH]c1=O. The molecule has 0 bridgehead atoms. The molecule has 0 radical (unpaired) electrons. The standard InChI is InChI=1S/C6H6N4OS/c1-4-5(2-3-12-4)10-6(11)7-8-9-10/h2-3H,1H3,(H,7,9,11). The van der Waals surface area contributed by atoms with Crippen molar-refractivity contribution in [2.45, 2.75) is 6.92 Å². The summed E-state index contributed by atoms with van der Waals surface area (Å²) in [6.45, 7) is 1.93. The maximum absolute atomic E-state index is 11.1. The van der Waals surface area contributed by atoms with Crippen molar-refractivity contribution in [3.63, 3.8) is 0 Å². The zero-order valence-electron chi connectivity index (χ0n) is 6.31. The average Bonchev–Trinajstić information content (AvgIpc) is 2.59. The van der Waals surface area contributed by atoms with Crippen LogP contribution in [-0.4, -0.2) is 20.2 Å². The van der Waals surface area contributed by atoms with Crippen molar-refractivity contribution in [1.82, 2.24) is 20.2 Å². The van der Waals surface area contributed by atoms with Gasteiger partial charge in [-0.25, -0.2) is 9.89 Å². The van der Waals surface area contributed by atoms with E-state index in [0.29, 0.717) is 0 Å². The summed E-state index contributed by atoms with van der Waals surface area (Å²) >= 11 is 1.57. The van der Waals surface area contributed by atoms with Gasteiger partial charge in [0.1, 0.15) is 0 Å². The minimum Gasteiger partial charge on any atom is -0.244 e. The van der Waals surface area contributed by atoms with E-state index >= 15 is 0 Å². The molecular weight excluding hydrogens is 176 g/mol. The molecule has 0 spiro atoms. The van der Waals surface area contributed by atoms with Crippen LogP contribution in [0.15, 0.2) is 16.2 Å². The summed E-state index contributed by atoms with van der Waals surface area (Å²) in [5, 5.41) is 11.2. The van der Waals surface area contributed by atoms with Crippen LogP contribution in [0.5, 0.6) is 0 Å². The topological polar surface area (TPSA) is 63.6 Å². The largest absolute Gasteiger partial charge is 0.365 e. The van der Waals surface area contributed by atoms with Crippen molar-refractivity contribution in [3.05, 3.63) is 26.8 Å². The van der Waals surface area contributed by atoms with Crippen molar-refractivity contribution in [2.75, 3.05) is 0 Å². The van der Waals surface area contributed by atoms with Gasteiger partial charge in [0.2, 0.25) is 0 Å². The highest BCUT2D eigenvalue weighted by Crippen LogP contribution is 2.16. The third-order valence-electron chi connectivity index (χ3n) is 1.53. The van der Waals surface area contributed by atoms with Gasteiger partial charge >= 0.3 is 5.69 Å². The first kappa shape index (κ1) is 7.23. The average molecular weight is 182 g/mol. The molecule has 0 unspecified atom stereocenters. The number of aryl methyl sites for hydroxylation is 1. The van der Waals surface area contributed by atoms with Gasteiger partial charge in [-0.3, -0.25) is 0 Å². The van der Waals surface area contributed by atoms with E-state index in [1.807, 2.05) is 18.4 Å². The number of aromatic nitrogens is 4. The van der Waals surface area contributed by atoms with Gasteiger partial charge in [0.25, 0.3) is 0 Å². The van der Waals surface area contributed by atoms with Crippen LogP contribution in [0.4, 0.5) is 0 Å². The van der Waals surface area contributed by atoms with Gasteiger partial charge in [-0.05, 0) is 28.8 Å².